The van der Waals surface area contributed by atoms with Crippen LogP contribution in [0.4, 0.5) is 22.1 Å². The molecule has 1 saturated heterocycles. The van der Waals surface area contributed by atoms with Crippen LogP contribution in [0.2, 0.25) is 0 Å². The number of aromatic nitrogens is 3. The molecular weight excluding hydrogens is 392 g/mol. The highest BCUT2D eigenvalue weighted by Crippen LogP contribution is 2.40. The Morgan fingerprint density at radius 1 is 1.06 bits per heavy atom. The minimum atomic E-state index is -0.123. The molecule has 1 fully saturated rings. The topological polar surface area (TPSA) is 83.5 Å². The molecule has 2 aromatic heterocycles. The zero-order valence-corrected chi connectivity index (χ0v) is 17.8. The number of nitrogens with one attached hydrogen (secondary N) is 1. The third-order valence-corrected chi connectivity index (χ3v) is 5.78. The molecule has 0 spiro atoms. The van der Waals surface area contributed by atoms with Crippen LogP contribution in [-0.4, -0.2) is 47.7 Å². The van der Waals surface area contributed by atoms with Gasteiger partial charge < -0.3 is 15.0 Å². The average molecular weight is 416 g/mol. The Labute approximate surface area is 180 Å². The lowest BCUT2D eigenvalue weighted by Crippen LogP contribution is -2.28. The summed E-state index contributed by atoms with van der Waals surface area (Å²) in [6.45, 7) is 6.13. The summed E-state index contributed by atoms with van der Waals surface area (Å²) in [4.78, 5) is 30.1. The summed E-state index contributed by atoms with van der Waals surface area (Å²) >= 11 is 0. The van der Waals surface area contributed by atoms with Crippen molar-refractivity contribution >= 4 is 23.4 Å². The van der Waals surface area contributed by atoms with Crippen molar-refractivity contribution in [1.82, 2.24) is 20.3 Å². The number of hydrogen-bond acceptors (Lipinski definition) is 6. The fourth-order valence-corrected chi connectivity index (χ4v) is 4.29. The summed E-state index contributed by atoms with van der Waals surface area (Å²) in [7, 11) is 1.68. The van der Waals surface area contributed by atoms with Crippen LogP contribution in [0.25, 0.3) is 11.4 Å². The standard InChI is InChI=1S/C23H24N6O2/c1-14-12-16(31-3)4-5-19(14)28-10-7-17-18(13-15(2)26-22(17)28)21-24-8-6-20(27-21)29-11-9-25-23(29)30/h4-6,8,12-13H,7,9-11H2,1-3H3,(H,25,30). The number of benzene rings is 1. The van der Waals surface area contributed by atoms with Crippen LogP contribution < -0.4 is 19.9 Å². The smallest absolute Gasteiger partial charge is 0.323 e. The van der Waals surface area contributed by atoms with E-state index in [0.29, 0.717) is 24.7 Å². The minimum Gasteiger partial charge on any atom is -0.497 e. The van der Waals surface area contributed by atoms with E-state index >= 15 is 0 Å². The van der Waals surface area contributed by atoms with Crippen molar-refractivity contribution < 1.29 is 9.53 Å². The summed E-state index contributed by atoms with van der Waals surface area (Å²) in [5.74, 6) is 3.02. The fraction of sp³-hybridized carbons (Fsp3) is 0.304. The summed E-state index contributed by atoms with van der Waals surface area (Å²) in [5.41, 5.74) is 5.25. The fourth-order valence-electron chi connectivity index (χ4n) is 4.29. The van der Waals surface area contributed by atoms with Gasteiger partial charge in [-0.1, -0.05) is 0 Å². The van der Waals surface area contributed by atoms with E-state index in [4.69, 9.17) is 14.7 Å². The summed E-state index contributed by atoms with van der Waals surface area (Å²) in [5, 5.41) is 2.82. The highest BCUT2D eigenvalue weighted by molar-refractivity contribution is 5.93. The molecule has 4 heterocycles. The lowest BCUT2D eigenvalue weighted by Gasteiger charge is -2.22. The van der Waals surface area contributed by atoms with Crippen molar-refractivity contribution in [3.05, 3.63) is 53.3 Å². The highest BCUT2D eigenvalue weighted by atomic mass is 16.5. The number of carbonyl (C=O) groups excluding carboxylic acids is 1. The van der Waals surface area contributed by atoms with Gasteiger partial charge in [0, 0.05) is 48.3 Å². The van der Waals surface area contributed by atoms with Gasteiger partial charge in [0.1, 0.15) is 17.4 Å². The molecule has 0 unspecified atom stereocenters. The summed E-state index contributed by atoms with van der Waals surface area (Å²) in [6.07, 6.45) is 2.56. The summed E-state index contributed by atoms with van der Waals surface area (Å²) in [6, 6.07) is 9.78. The van der Waals surface area contributed by atoms with Gasteiger partial charge in [-0.2, -0.15) is 0 Å². The molecule has 8 nitrogen and oxygen atoms in total. The molecule has 158 valence electrons. The van der Waals surface area contributed by atoms with E-state index in [2.05, 4.69) is 28.2 Å². The van der Waals surface area contributed by atoms with E-state index in [1.165, 1.54) is 0 Å². The van der Waals surface area contributed by atoms with Crippen molar-refractivity contribution in [3.8, 4) is 17.1 Å². The number of nitrogens with zero attached hydrogens (tertiary/aromatic N) is 5. The maximum absolute atomic E-state index is 12.1. The van der Waals surface area contributed by atoms with Gasteiger partial charge in [0.2, 0.25) is 0 Å². The first-order chi connectivity index (χ1) is 15.0. The van der Waals surface area contributed by atoms with Gasteiger partial charge in [-0.25, -0.2) is 19.7 Å². The lowest BCUT2D eigenvalue weighted by atomic mass is 10.1. The van der Waals surface area contributed by atoms with Crippen LogP contribution >= 0.6 is 0 Å². The molecule has 0 atom stereocenters. The molecule has 5 rings (SSSR count). The third kappa shape index (κ3) is 3.34. The zero-order chi connectivity index (χ0) is 21.5. The first kappa shape index (κ1) is 19.3. The van der Waals surface area contributed by atoms with Crippen molar-refractivity contribution in [2.75, 3.05) is 36.5 Å². The number of amides is 2. The van der Waals surface area contributed by atoms with Crippen molar-refractivity contribution in [1.29, 1.82) is 0 Å². The molecule has 0 bridgehead atoms. The molecule has 2 aliphatic rings. The Hall–Kier alpha value is -3.68. The molecule has 0 radical (unpaired) electrons. The maximum Gasteiger partial charge on any atom is 0.323 e. The Morgan fingerprint density at radius 2 is 1.94 bits per heavy atom. The Bertz CT molecular complexity index is 1180. The molecule has 31 heavy (non-hydrogen) atoms. The number of methoxy groups -OCH3 is 1. The number of anilines is 3. The largest absolute Gasteiger partial charge is 0.497 e. The van der Waals surface area contributed by atoms with Crippen LogP contribution in [0.5, 0.6) is 5.75 Å². The SMILES string of the molecule is COc1ccc(N2CCc3c(-c4nccc(N5CCNC5=O)n4)cc(C)nc32)c(C)c1. The van der Waals surface area contributed by atoms with E-state index in [-0.39, 0.29) is 6.03 Å². The van der Waals surface area contributed by atoms with Gasteiger partial charge in [-0.3, -0.25) is 4.90 Å². The number of hydrogen-bond donors (Lipinski definition) is 1. The molecular formula is C23H24N6O2. The average Bonchev–Trinajstić information content (AvgIpc) is 3.39. The van der Waals surface area contributed by atoms with E-state index in [9.17, 15) is 4.79 Å². The highest BCUT2D eigenvalue weighted by Gasteiger charge is 2.28. The second-order valence-corrected chi connectivity index (χ2v) is 7.79. The van der Waals surface area contributed by atoms with Crippen molar-refractivity contribution in [2.45, 2.75) is 20.3 Å². The van der Waals surface area contributed by atoms with Crippen molar-refractivity contribution in [2.24, 2.45) is 0 Å². The Balaban J connectivity index is 1.57. The normalized spacial score (nSPS) is 15.3. The maximum atomic E-state index is 12.1. The second-order valence-electron chi connectivity index (χ2n) is 7.79. The predicted molar refractivity (Wildman–Crippen MR) is 119 cm³/mol. The number of rotatable bonds is 4. The van der Waals surface area contributed by atoms with Gasteiger partial charge in [-0.15, -0.1) is 0 Å². The van der Waals surface area contributed by atoms with Crippen LogP contribution in [0.3, 0.4) is 0 Å². The number of pyridine rings is 1. The first-order valence-corrected chi connectivity index (χ1v) is 10.4. The van der Waals surface area contributed by atoms with E-state index in [1.54, 1.807) is 24.3 Å². The summed E-state index contributed by atoms with van der Waals surface area (Å²) < 4.78 is 5.36. The molecule has 0 saturated carbocycles. The number of carbonyl (C=O) groups is 1. The number of ether oxygens (including phenoxy) is 1. The molecule has 0 aliphatic carbocycles. The van der Waals surface area contributed by atoms with Gasteiger partial charge in [0.15, 0.2) is 5.82 Å². The Morgan fingerprint density at radius 3 is 2.68 bits per heavy atom. The van der Waals surface area contributed by atoms with Gasteiger partial charge >= 0.3 is 6.03 Å². The predicted octanol–water partition coefficient (Wildman–Crippen LogP) is 3.39. The number of fused-ring (bicyclic) bond motifs is 1. The quantitative estimate of drug-likeness (QED) is 0.702. The second kappa shape index (κ2) is 7.54. The van der Waals surface area contributed by atoms with E-state index in [1.807, 2.05) is 25.1 Å². The van der Waals surface area contributed by atoms with E-state index < -0.39 is 0 Å². The molecule has 1 N–H and O–H groups in total. The van der Waals surface area contributed by atoms with Gasteiger partial charge in [0.25, 0.3) is 0 Å². The van der Waals surface area contributed by atoms with Gasteiger partial charge in [-0.05, 0) is 56.2 Å². The number of aryl methyl sites for hydroxylation is 2. The molecule has 1 aromatic carbocycles. The number of urea groups is 1. The van der Waals surface area contributed by atoms with Gasteiger partial charge in [0.05, 0.1) is 7.11 Å². The zero-order valence-electron chi connectivity index (χ0n) is 17.8. The molecule has 8 heteroatoms. The molecule has 3 aromatic rings. The molecule has 2 amide bonds. The lowest BCUT2D eigenvalue weighted by molar-refractivity contribution is 0.252. The van der Waals surface area contributed by atoms with Crippen LogP contribution in [-0.2, 0) is 6.42 Å². The van der Waals surface area contributed by atoms with Crippen LogP contribution in [0.1, 0.15) is 16.8 Å². The van der Waals surface area contributed by atoms with Crippen molar-refractivity contribution in [3.63, 3.8) is 0 Å². The third-order valence-electron chi connectivity index (χ3n) is 5.78. The van der Waals surface area contributed by atoms with Crippen LogP contribution in [0, 0.1) is 13.8 Å². The van der Waals surface area contributed by atoms with E-state index in [0.717, 1.165) is 52.6 Å². The molecule has 2 aliphatic heterocycles. The Kier molecular flexibility index (Phi) is 4.69. The first-order valence-electron chi connectivity index (χ1n) is 10.4. The monoisotopic (exact) mass is 416 g/mol. The van der Waals surface area contributed by atoms with Crippen LogP contribution in [0.15, 0.2) is 36.5 Å². The minimum absolute atomic E-state index is 0.123.